The highest BCUT2D eigenvalue weighted by atomic mass is 16.5. The van der Waals surface area contributed by atoms with Crippen LogP contribution >= 0.6 is 0 Å². The van der Waals surface area contributed by atoms with Crippen LogP contribution in [0.5, 0.6) is 0 Å². The molecule has 15 heavy (non-hydrogen) atoms. The summed E-state index contributed by atoms with van der Waals surface area (Å²) in [5.41, 5.74) is 0. The number of hydrogen-bond donors (Lipinski definition) is 0. The topological polar surface area (TPSA) is 43.4 Å². The van der Waals surface area contributed by atoms with Crippen molar-refractivity contribution in [2.24, 2.45) is 23.7 Å². The van der Waals surface area contributed by atoms with E-state index in [9.17, 15) is 9.59 Å². The molecule has 0 aromatic heterocycles. The van der Waals surface area contributed by atoms with Gasteiger partial charge < -0.3 is 4.74 Å². The SMILES string of the molecule is COC(=O)C(C(C)C)C(C(C)=O)C(C)C. The van der Waals surface area contributed by atoms with E-state index in [0.29, 0.717) is 0 Å². The first-order chi connectivity index (χ1) is 6.82. The smallest absolute Gasteiger partial charge is 0.309 e. The van der Waals surface area contributed by atoms with Crippen LogP contribution in [-0.2, 0) is 14.3 Å². The minimum Gasteiger partial charge on any atom is -0.469 e. The monoisotopic (exact) mass is 214 g/mol. The molecule has 0 N–H and O–H groups in total. The molecule has 2 atom stereocenters. The van der Waals surface area contributed by atoms with E-state index >= 15 is 0 Å². The zero-order chi connectivity index (χ0) is 12.2. The molecule has 0 bridgehead atoms. The number of ketones is 1. The molecule has 0 spiro atoms. The van der Waals surface area contributed by atoms with Gasteiger partial charge in [-0.3, -0.25) is 9.59 Å². The van der Waals surface area contributed by atoms with Gasteiger partial charge in [0, 0.05) is 5.92 Å². The molecule has 0 saturated heterocycles. The molecule has 0 aliphatic rings. The molecule has 0 amide bonds. The van der Waals surface area contributed by atoms with Gasteiger partial charge in [-0.05, 0) is 18.8 Å². The lowest BCUT2D eigenvalue weighted by molar-refractivity contribution is -0.153. The third-order valence-corrected chi connectivity index (χ3v) is 2.77. The molecule has 0 aromatic rings. The van der Waals surface area contributed by atoms with Crippen molar-refractivity contribution in [3.8, 4) is 0 Å². The summed E-state index contributed by atoms with van der Waals surface area (Å²) >= 11 is 0. The minimum atomic E-state index is -0.326. The van der Waals surface area contributed by atoms with Gasteiger partial charge in [0.05, 0.1) is 13.0 Å². The van der Waals surface area contributed by atoms with Crippen molar-refractivity contribution >= 4 is 11.8 Å². The quantitative estimate of drug-likeness (QED) is 0.659. The molecule has 0 aliphatic carbocycles. The van der Waals surface area contributed by atoms with Gasteiger partial charge in [0.25, 0.3) is 0 Å². The van der Waals surface area contributed by atoms with Gasteiger partial charge in [-0.1, -0.05) is 27.7 Å². The summed E-state index contributed by atoms with van der Waals surface area (Å²) in [4.78, 5) is 23.2. The lowest BCUT2D eigenvalue weighted by atomic mass is 9.75. The van der Waals surface area contributed by atoms with Gasteiger partial charge in [0.1, 0.15) is 5.78 Å². The van der Waals surface area contributed by atoms with Crippen LogP contribution in [0.3, 0.4) is 0 Å². The van der Waals surface area contributed by atoms with Gasteiger partial charge in [-0.25, -0.2) is 0 Å². The fourth-order valence-electron chi connectivity index (χ4n) is 2.11. The molecule has 0 heterocycles. The molecule has 3 nitrogen and oxygen atoms in total. The number of esters is 1. The second-order valence-electron chi connectivity index (χ2n) is 4.67. The first-order valence-corrected chi connectivity index (χ1v) is 5.41. The lowest BCUT2D eigenvalue weighted by Crippen LogP contribution is -2.36. The normalized spacial score (nSPS) is 15.2. The highest BCUT2D eigenvalue weighted by Crippen LogP contribution is 2.29. The van der Waals surface area contributed by atoms with E-state index in [1.165, 1.54) is 7.11 Å². The summed E-state index contributed by atoms with van der Waals surface area (Å²) in [7, 11) is 1.37. The van der Waals surface area contributed by atoms with Crippen LogP contribution < -0.4 is 0 Å². The van der Waals surface area contributed by atoms with Gasteiger partial charge in [-0.2, -0.15) is 0 Å². The summed E-state index contributed by atoms with van der Waals surface area (Å²) in [5.74, 6) is -0.499. The van der Waals surface area contributed by atoms with Crippen LogP contribution in [-0.4, -0.2) is 18.9 Å². The molecule has 0 saturated carbocycles. The van der Waals surface area contributed by atoms with E-state index in [4.69, 9.17) is 4.74 Å². The van der Waals surface area contributed by atoms with Crippen LogP contribution in [0, 0.1) is 23.7 Å². The predicted molar refractivity (Wildman–Crippen MR) is 59.4 cm³/mol. The molecule has 0 rings (SSSR count). The Morgan fingerprint density at radius 3 is 1.53 bits per heavy atom. The largest absolute Gasteiger partial charge is 0.469 e. The van der Waals surface area contributed by atoms with Crippen molar-refractivity contribution in [3.05, 3.63) is 0 Å². The summed E-state index contributed by atoms with van der Waals surface area (Å²) in [5, 5.41) is 0. The zero-order valence-electron chi connectivity index (χ0n) is 10.5. The third-order valence-electron chi connectivity index (χ3n) is 2.77. The van der Waals surface area contributed by atoms with Crippen LogP contribution in [0.1, 0.15) is 34.6 Å². The first kappa shape index (κ1) is 14.1. The third kappa shape index (κ3) is 3.65. The number of carbonyl (C=O) groups excluding carboxylic acids is 2. The Balaban J connectivity index is 5.01. The molecule has 3 heteroatoms. The van der Waals surface area contributed by atoms with Crippen LogP contribution in [0.2, 0.25) is 0 Å². The Kier molecular flexibility index (Phi) is 5.55. The van der Waals surface area contributed by atoms with Crippen molar-refractivity contribution < 1.29 is 14.3 Å². The fraction of sp³-hybridized carbons (Fsp3) is 0.833. The molecule has 0 fully saturated rings. The standard InChI is InChI=1S/C12H22O3/c1-7(2)10(9(5)13)11(8(3)4)12(14)15-6/h7-8,10-11H,1-6H3. The van der Waals surface area contributed by atoms with Crippen molar-refractivity contribution in [1.29, 1.82) is 0 Å². The molecule has 0 aliphatic heterocycles. The molecule has 0 radical (unpaired) electrons. The van der Waals surface area contributed by atoms with Crippen LogP contribution in [0.4, 0.5) is 0 Å². The van der Waals surface area contributed by atoms with E-state index in [1.807, 2.05) is 27.7 Å². The van der Waals surface area contributed by atoms with E-state index < -0.39 is 0 Å². The van der Waals surface area contributed by atoms with Crippen molar-refractivity contribution in [2.75, 3.05) is 7.11 Å². The van der Waals surface area contributed by atoms with Gasteiger partial charge in [-0.15, -0.1) is 0 Å². The Labute approximate surface area is 92.2 Å². The molecular weight excluding hydrogens is 192 g/mol. The molecule has 0 aromatic carbocycles. The number of rotatable bonds is 5. The van der Waals surface area contributed by atoms with E-state index in [0.717, 1.165) is 0 Å². The predicted octanol–water partition coefficient (Wildman–Crippen LogP) is 2.29. The van der Waals surface area contributed by atoms with Crippen LogP contribution in [0.15, 0.2) is 0 Å². The minimum absolute atomic E-state index is 0.0640. The summed E-state index contributed by atoms with van der Waals surface area (Å²) in [6.07, 6.45) is 0. The number of ether oxygens (including phenoxy) is 1. The maximum Gasteiger partial charge on any atom is 0.309 e. The van der Waals surface area contributed by atoms with Gasteiger partial charge in [0.15, 0.2) is 0 Å². The molecule has 2 unspecified atom stereocenters. The lowest BCUT2D eigenvalue weighted by Gasteiger charge is -2.28. The summed E-state index contributed by atoms with van der Waals surface area (Å²) in [6.45, 7) is 9.36. The van der Waals surface area contributed by atoms with Gasteiger partial charge >= 0.3 is 5.97 Å². The maximum absolute atomic E-state index is 11.6. The number of carbonyl (C=O) groups is 2. The van der Waals surface area contributed by atoms with Crippen molar-refractivity contribution in [1.82, 2.24) is 0 Å². The summed E-state index contributed by atoms with van der Waals surface area (Å²) in [6, 6.07) is 0. The van der Waals surface area contributed by atoms with Gasteiger partial charge in [0.2, 0.25) is 0 Å². The molecule has 88 valence electrons. The number of hydrogen-bond acceptors (Lipinski definition) is 3. The van der Waals surface area contributed by atoms with Crippen LogP contribution in [0.25, 0.3) is 0 Å². The Hall–Kier alpha value is -0.860. The Morgan fingerprint density at radius 1 is 0.933 bits per heavy atom. The van der Waals surface area contributed by atoms with Crippen molar-refractivity contribution in [3.63, 3.8) is 0 Å². The average Bonchev–Trinajstić information content (AvgIpc) is 2.10. The van der Waals surface area contributed by atoms with Crippen molar-refractivity contribution in [2.45, 2.75) is 34.6 Å². The van der Waals surface area contributed by atoms with E-state index in [-0.39, 0.29) is 35.4 Å². The number of methoxy groups -OCH3 is 1. The highest BCUT2D eigenvalue weighted by Gasteiger charge is 2.36. The average molecular weight is 214 g/mol. The maximum atomic E-state index is 11.6. The Bertz CT molecular complexity index is 231. The highest BCUT2D eigenvalue weighted by molar-refractivity contribution is 5.85. The number of Topliss-reactive ketones (excluding diaryl/α,β-unsaturated/α-hetero) is 1. The zero-order valence-corrected chi connectivity index (χ0v) is 10.5. The second kappa shape index (κ2) is 5.89. The Morgan fingerprint density at radius 2 is 1.33 bits per heavy atom. The fourth-order valence-corrected chi connectivity index (χ4v) is 2.11. The second-order valence-corrected chi connectivity index (χ2v) is 4.67. The van der Waals surface area contributed by atoms with E-state index in [1.54, 1.807) is 6.92 Å². The first-order valence-electron chi connectivity index (χ1n) is 5.41. The molecular formula is C12H22O3. The van der Waals surface area contributed by atoms with E-state index in [2.05, 4.69) is 0 Å². The summed E-state index contributed by atoms with van der Waals surface area (Å²) < 4.78 is 4.76.